The summed E-state index contributed by atoms with van der Waals surface area (Å²) in [5, 5.41) is 14.5. The number of halogens is 1. The molecule has 11 heteroatoms. The van der Waals surface area contributed by atoms with E-state index in [9.17, 15) is 19.1 Å². The first-order valence-electron chi connectivity index (χ1n) is 11.4. The van der Waals surface area contributed by atoms with Gasteiger partial charge in [-0.15, -0.1) is 11.3 Å². The van der Waals surface area contributed by atoms with Gasteiger partial charge in [0.25, 0.3) is 5.91 Å². The Hall–Kier alpha value is -4.06. The van der Waals surface area contributed by atoms with Crippen LogP contribution < -0.4 is 19.5 Å². The quantitative estimate of drug-likeness (QED) is 0.216. The zero-order chi connectivity index (χ0) is 27.2. The normalized spacial score (nSPS) is 11.7. The summed E-state index contributed by atoms with van der Waals surface area (Å²) < 4.78 is 35.6. The number of aliphatic hydroxyl groups excluding tert-OH is 1. The van der Waals surface area contributed by atoms with Crippen molar-refractivity contribution in [3.63, 3.8) is 0 Å². The van der Waals surface area contributed by atoms with Gasteiger partial charge < -0.3 is 29.4 Å². The van der Waals surface area contributed by atoms with Crippen molar-refractivity contribution >= 4 is 33.1 Å². The third kappa shape index (κ3) is 5.75. The summed E-state index contributed by atoms with van der Waals surface area (Å²) in [5.41, 5.74) is 1.41. The molecular formula is C27H25FN2O7S. The van der Waals surface area contributed by atoms with Gasteiger partial charge >= 0.3 is 0 Å². The molecule has 0 spiro atoms. The van der Waals surface area contributed by atoms with Crippen LogP contribution in [0.25, 0.3) is 21.3 Å². The number of aliphatic hydroxyl groups is 1. The molecule has 0 saturated heterocycles. The lowest BCUT2D eigenvalue weighted by Gasteiger charge is -2.14. The van der Waals surface area contributed by atoms with Crippen molar-refractivity contribution in [2.24, 2.45) is 0 Å². The molecule has 0 bridgehead atoms. The van der Waals surface area contributed by atoms with Gasteiger partial charge in [-0.3, -0.25) is 9.59 Å². The fraction of sp³-hybridized carbons (Fsp3) is 0.222. The molecule has 0 fully saturated rings. The smallest absolute Gasteiger partial charge is 0.251 e. The van der Waals surface area contributed by atoms with Crippen LogP contribution in [0.3, 0.4) is 0 Å². The Bertz CT molecular complexity index is 1470. The number of nitrogens with zero attached hydrogens (tertiary/aromatic N) is 1. The number of methoxy groups -OCH3 is 3. The highest BCUT2D eigenvalue weighted by Gasteiger charge is 2.19. The molecule has 2 heterocycles. The zero-order valence-electron chi connectivity index (χ0n) is 20.8. The summed E-state index contributed by atoms with van der Waals surface area (Å²) in [5.74, 6) is -0.250. The van der Waals surface area contributed by atoms with Crippen LogP contribution >= 0.6 is 11.3 Å². The molecule has 4 aromatic rings. The first kappa shape index (κ1) is 27.0. The third-order valence-corrected chi connectivity index (χ3v) is 6.66. The summed E-state index contributed by atoms with van der Waals surface area (Å²) >= 11 is 1.24. The predicted molar refractivity (Wildman–Crippen MR) is 140 cm³/mol. The molecule has 4 rings (SSSR count). The van der Waals surface area contributed by atoms with E-state index in [-0.39, 0.29) is 36.0 Å². The molecule has 2 aromatic carbocycles. The standard InChI is InChI=1S/C27H25FN2O7S/c1-34-22-10-8-19(30-25(22)17-14-38-26-16(17)5-4-6-18(26)28)20(31)12-29-27(33)15-7-9-21(23(11-15)35-2)37-13-24(32)36-3/h4-11,14,24,32H,12-13H2,1-3H3,(H,29,33). The Morgan fingerprint density at radius 1 is 1.05 bits per heavy atom. The largest absolute Gasteiger partial charge is 0.494 e. The average Bonchev–Trinajstić information content (AvgIpc) is 3.39. The Morgan fingerprint density at radius 3 is 2.55 bits per heavy atom. The lowest BCUT2D eigenvalue weighted by Crippen LogP contribution is -2.30. The maximum atomic E-state index is 14.2. The molecule has 0 radical (unpaired) electrons. The molecule has 0 aliphatic rings. The van der Waals surface area contributed by atoms with Crippen LogP contribution in [-0.2, 0) is 4.74 Å². The van der Waals surface area contributed by atoms with Gasteiger partial charge in [0.05, 0.1) is 25.5 Å². The Kier molecular flexibility index (Phi) is 8.52. The third-order valence-electron chi connectivity index (χ3n) is 5.66. The van der Waals surface area contributed by atoms with Crippen molar-refractivity contribution in [2.75, 3.05) is 34.5 Å². The minimum atomic E-state index is -1.11. The van der Waals surface area contributed by atoms with Crippen LogP contribution in [0.2, 0.25) is 0 Å². The fourth-order valence-electron chi connectivity index (χ4n) is 3.68. The number of aromatic nitrogens is 1. The Morgan fingerprint density at radius 2 is 1.82 bits per heavy atom. The molecule has 0 saturated carbocycles. The summed E-state index contributed by atoms with van der Waals surface area (Å²) in [4.78, 5) is 30.1. The van der Waals surface area contributed by atoms with Gasteiger partial charge in [-0.05, 0) is 36.4 Å². The second-order valence-corrected chi connectivity index (χ2v) is 8.87. The highest BCUT2D eigenvalue weighted by atomic mass is 32.1. The summed E-state index contributed by atoms with van der Waals surface area (Å²) in [6.07, 6.45) is -1.11. The van der Waals surface area contributed by atoms with Gasteiger partial charge in [0.1, 0.15) is 29.6 Å². The molecule has 1 unspecified atom stereocenters. The number of hydrogen-bond acceptors (Lipinski definition) is 9. The number of amides is 1. The Balaban J connectivity index is 1.49. The maximum absolute atomic E-state index is 14.2. The number of Topliss-reactive ketones (excluding diaryl/α,β-unsaturated/α-hetero) is 1. The van der Waals surface area contributed by atoms with Crippen LogP contribution in [0.15, 0.2) is 53.9 Å². The van der Waals surface area contributed by atoms with Crippen molar-refractivity contribution in [3.8, 4) is 28.5 Å². The molecule has 0 aliphatic heterocycles. The second-order valence-electron chi connectivity index (χ2n) is 7.99. The SMILES string of the molecule is COc1cc(C(=O)NCC(=O)c2ccc(OC)c(-c3csc4c(F)cccc34)n2)ccc1OCC(O)OC. The monoisotopic (exact) mass is 540 g/mol. The number of rotatable bonds is 11. The maximum Gasteiger partial charge on any atom is 0.251 e. The van der Waals surface area contributed by atoms with E-state index in [0.29, 0.717) is 32.8 Å². The van der Waals surface area contributed by atoms with E-state index < -0.39 is 18.0 Å². The zero-order valence-corrected chi connectivity index (χ0v) is 21.6. The van der Waals surface area contributed by atoms with Crippen molar-refractivity contribution in [3.05, 3.63) is 71.0 Å². The van der Waals surface area contributed by atoms with Crippen molar-refractivity contribution < 1.29 is 38.0 Å². The first-order chi connectivity index (χ1) is 18.4. The van der Waals surface area contributed by atoms with Crippen LogP contribution in [0.5, 0.6) is 17.2 Å². The number of ether oxygens (including phenoxy) is 4. The molecule has 38 heavy (non-hydrogen) atoms. The van der Waals surface area contributed by atoms with Crippen molar-refractivity contribution in [1.82, 2.24) is 10.3 Å². The lowest BCUT2D eigenvalue weighted by atomic mass is 10.1. The van der Waals surface area contributed by atoms with Crippen LogP contribution in [0.1, 0.15) is 20.8 Å². The molecule has 0 aliphatic carbocycles. The first-order valence-corrected chi connectivity index (χ1v) is 12.3. The molecular weight excluding hydrogens is 515 g/mol. The number of ketones is 1. The molecule has 2 aromatic heterocycles. The van der Waals surface area contributed by atoms with Gasteiger partial charge in [-0.1, -0.05) is 12.1 Å². The number of hydrogen-bond donors (Lipinski definition) is 2. The van der Waals surface area contributed by atoms with Crippen molar-refractivity contribution in [1.29, 1.82) is 0 Å². The molecule has 1 atom stereocenters. The van der Waals surface area contributed by atoms with E-state index in [1.807, 2.05) is 0 Å². The minimum Gasteiger partial charge on any atom is -0.494 e. The summed E-state index contributed by atoms with van der Waals surface area (Å²) in [6, 6.07) is 12.4. The predicted octanol–water partition coefficient (Wildman–Crippen LogP) is 4.08. The lowest BCUT2D eigenvalue weighted by molar-refractivity contribution is -0.0970. The van der Waals surface area contributed by atoms with Crippen molar-refractivity contribution in [2.45, 2.75) is 6.29 Å². The number of thiophene rings is 1. The topological polar surface area (TPSA) is 116 Å². The number of pyridine rings is 1. The average molecular weight is 541 g/mol. The Labute approximate surface area is 221 Å². The fourth-order valence-corrected chi connectivity index (χ4v) is 4.64. The minimum absolute atomic E-state index is 0.120. The van der Waals surface area contributed by atoms with E-state index in [2.05, 4.69) is 10.3 Å². The molecule has 1 amide bonds. The van der Waals surface area contributed by atoms with E-state index >= 15 is 0 Å². The highest BCUT2D eigenvalue weighted by Crippen LogP contribution is 2.38. The van der Waals surface area contributed by atoms with Crippen LogP contribution in [-0.4, -0.2) is 62.6 Å². The van der Waals surface area contributed by atoms with Crippen LogP contribution in [0, 0.1) is 5.82 Å². The van der Waals surface area contributed by atoms with E-state index in [4.69, 9.17) is 18.9 Å². The van der Waals surface area contributed by atoms with E-state index in [1.54, 1.807) is 23.6 Å². The number of carbonyl (C=O) groups excluding carboxylic acids is 2. The molecule has 198 valence electrons. The summed E-state index contributed by atoms with van der Waals surface area (Å²) in [7, 11) is 4.24. The van der Waals surface area contributed by atoms with Gasteiger partial charge in [-0.2, -0.15) is 0 Å². The number of nitrogens with one attached hydrogen (secondary N) is 1. The number of benzene rings is 2. The van der Waals surface area contributed by atoms with Gasteiger partial charge in [-0.25, -0.2) is 9.37 Å². The molecule has 2 N–H and O–H groups in total. The highest BCUT2D eigenvalue weighted by molar-refractivity contribution is 7.17. The van der Waals surface area contributed by atoms with E-state index in [1.165, 1.54) is 63.0 Å². The summed E-state index contributed by atoms with van der Waals surface area (Å²) in [6.45, 7) is -0.433. The van der Waals surface area contributed by atoms with Gasteiger partial charge in [0.15, 0.2) is 23.6 Å². The van der Waals surface area contributed by atoms with Gasteiger partial charge in [0.2, 0.25) is 0 Å². The second kappa shape index (κ2) is 12.0. The van der Waals surface area contributed by atoms with Gasteiger partial charge in [0, 0.05) is 29.0 Å². The number of carbonyl (C=O) groups is 2. The molecule has 9 nitrogen and oxygen atoms in total. The van der Waals surface area contributed by atoms with Crippen LogP contribution in [0.4, 0.5) is 4.39 Å². The van der Waals surface area contributed by atoms with E-state index in [0.717, 1.165) is 0 Å². The number of fused-ring (bicyclic) bond motifs is 1.